The summed E-state index contributed by atoms with van der Waals surface area (Å²) in [7, 11) is 0. The van der Waals surface area contributed by atoms with Gasteiger partial charge in [0.15, 0.2) is 0 Å². The number of pyridine rings is 2. The Balaban J connectivity index is 1.13. The number of fused-ring (bicyclic) bond motifs is 4. The summed E-state index contributed by atoms with van der Waals surface area (Å²) >= 11 is 0. The zero-order chi connectivity index (χ0) is 27.2. The van der Waals surface area contributed by atoms with Gasteiger partial charge in [0.1, 0.15) is 0 Å². The monoisotopic (exact) mass is 526 g/mol. The fourth-order valence-electron chi connectivity index (χ4n) is 5.87. The fraction of sp³-hybridized carbons (Fsp3) is 0.0270. The van der Waals surface area contributed by atoms with E-state index in [1.165, 1.54) is 32.9 Å². The average Bonchev–Trinajstić information content (AvgIpc) is 3.39. The molecule has 1 aliphatic rings. The van der Waals surface area contributed by atoms with Crippen molar-refractivity contribution in [1.82, 2.24) is 19.9 Å². The molecule has 0 atom stereocenters. The van der Waals surface area contributed by atoms with Gasteiger partial charge in [-0.05, 0) is 71.6 Å². The zero-order valence-corrected chi connectivity index (χ0v) is 22.3. The van der Waals surface area contributed by atoms with Crippen LogP contribution in [-0.2, 0) is 6.54 Å². The van der Waals surface area contributed by atoms with Crippen LogP contribution in [0.1, 0.15) is 11.3 Å². The Hall–Kier alpha value is -5.48. The van der Waals surface area contributed by atoms with Gasteiger partial charge in [0, 0.05) is 34.3 Å². The van der Waals surface area contributed by atoms with Gasteiger partial charge in [0.25, 0.3) is 0 Å². The number of para-hydroxylation sites is 1. The molecule has 0 spiro atoms. The highest BCUT2D eigenvalue weighted by Crippen LogP contribution is 2.33. The molecule has 0 fully saturated rings. The van der Waals surface area contributed by atoms with E-state index >= 15 is 0 Å². The van der Waals surface area contributed by atoms with Crippen molar-refractivity contribution >= 4 is 27.8 Å². The van der Waals surface area contributed by atoms with Gasteiger partial charge in [-0.25, -0.2) is 9.97 Å². The first kappa shape index (κ1) is 23.4. The van der Waals surface area contributed by atoms with E-state index in [4.69, 9.17) is 9.97 Å². The summed E-state index contributed by atoms with van der Waals surface area (Å²) in [6.45, 7) is 0.838. The standard InChI is InChI=1S/C37H26N4/c1-2-8-27-23-28(16-15-25(27)7-1)33-11-6-13-35(40-33)34-12-5-10-32(39-34)26-17-19-29(20-18-26)41-36-14-4-3-9-30(36)31-24-38-22-21-37(31)41/h1-23,38H,24H2. The molecule has 7 aromatic rings. The molecule has 0 bridgehead atoms. The minimum Gasteiger partial charge on any atom is -0.387 e. The van der Waals surface area contributed by atoms with E-state index in [0.29, 0.717) is 0 Å². The molecular weight excluding hydrogens is 500 g/mol. The molecule has 4 aromatic carbocycles. The lowest BCUT2D eigenvalue weighted by Gasteiger charge is -2.13. The third-order valence-corrected chi connectivity index (χ3v) is 7.89. The largest absolute Gasteiger partial charge is 0.387 e. The molecule has 0 unspecified atom stereocenters. The maximum atomic E-state index is 5.02. The molecule has 0 radical (unpaired) electrons. The van der Waals surface area contributed by atoms with E-state index in [1.807, 2.05) is 18.3 Å². The van der Waals surface area contributed by atoms with Crippen molar-refractivity contribution < 1.29 is 0 Å². The lowest BCUT2D eigenvalue weighted by molar-refractivity contribution is 0.855. The Kier molecular flexibility index (Phi) is 5.49. The molecule has 0 saturated carbocycles. The second-order valence-corrected chi connectivity index (χ2v) is 10.4. The summed E-state index contributed by atoms with van der Waals surface area (Å²) in [6.07, 6.45) is 4.20. The van der Waals surface area contributed by atoms with Gasteiger partial charge in [-0.2, -0.15) is 0 Å². The summed E-state index contributed by atoms with van der Waals surface area (Å²) in [6, 6.07) is 44.5. The SMILES string of the molecule is C1=Cc2c(c3ccccc3n2-c2ccc(-c3cccc(-c4cccc(-c5ccc6ccccc6c5)n4)n3)cc2)CN1. The minimum atomic E-state index is 0.838. The highest BCUT2D eigenvalue weighted by molar-refractivity contribution is 5.91. The molecule has 8 rings (SSSR count). The number of benzene rings is 4. The van der Waals surface area contributed by atoms with Crippen LogP contribution in [0.15, 0.2) is 134 Å². The van der Waals surface area contributed by atoms with Gasteiger partial charge >= 0.3 is 0 Å². The summed E-state index contributed by atoms with van der Waals surface area (Å²) in [5, 5.41) is 7.09. The quantitative estimate of drug-likeness (QED) is 0.250. The van der Waals surface area contributed by atoms with E-state index in [2.05, 4.69) is 131 Å². The Labute approximate surface area is 238 Å². The smallest absolute Gasteiger partial charge is 0.0893 e. The number of hydrogen-bond acceptors (Lipinski definition) is 3. The van der Waals surface area contributed by atoms with Gasteiger partial charge in [0.2, 0.25) is 0 Å². The summed E-state index contributed by atoms with van der Waals surface area (Å²) in [4.78, 5) is 10.0. The average molecular weight is 527 g/mol. The molecule has 0 amide bonds. The maximum absolute atomic E-state index is 5.02. The maximum Gasteiger partial charge on any atom is 0.0893 e. The molecule has 0 aliphatic carbocycles. The predicted molar refractivity (Wildman–Crippen MR) is 169 cm³/mol. The van der Waals surface area contributed by atoms with Gasteiger partial charge in [-0.15, -0.1) is 0 Å². The first-order valence-electron chi connectivity index (χ1n) is 13.9. The summed E-state index contributed by atoms with van der Waals surface area (Å²) in [5.74, 6) is 0. The normalized spacial score (nSPS) is 12.4. The second kappa shape index (κ2) is 9.61. The van der Waals surface area contributed by atoms with Crippen LogP contribution in [0.5, 0.6) is 0 Å². The fourth-order valence-corrected chi connectivity index (χ4v) is 5.87. The van der Waals surface area contributed by atoms with Crippen LogP contribution in [0.2, 0.25) is 0 Å². The molecule has 4 heteroatoms. The van der Waals surface area contributed by atoms with Crippen molar-refractivity contribution in [3.63, 3.8) is 0 Å². The number of nitrogens with one attached hydrogen (secondary N) is 1. The molecule has 4 heterocycles. The molecule has 1 aliphatic heterocycles. The van der Waals surface area contributed by atoms with Crippen LogP contribution in [0, 0.1) is 0 Å². The van der Waals surface area contributed by atoms with E-state index in [9.17, 15) is 0 Å². The third kappa shape index (κ3) is 4.09. The van der Waals surface area contributed by atoms with E-state index in [1.54, 1.807) is 0 Å². The summed E-state index contributed by atoms with van der Waals surface area (Å²) < 4.78 is 2.35. The topological polar surface area (TPSA) is 42.7 Å². The summed E-state index contributed by atoms with van der Waals surface area (Å²) in [5.41, 5.74) is 10.7. The van der Waals surface area contributed by atoms with Gasteiger partial charge in [-0.1, -0.05) is 78.9 Å². The van der Waals surface area contributed by atoms with Crippen molar-refractivity contribution in [1.29, 1.82) is 0 Å². The van der Waals surface area contributed by atoms with E-state index in [0.717, 1.165) is 46.1 Å². The Morgan fingerprint density at radius 1 is 0.561 bits per heavy atom. The number of rotatable bonds is 4. The van der Waals surface area contributed by atoms with Crippen molar-refractivity contribution in [2.24, 2.45) is 0 Å². The van der Waals surface area contributed by atoms with Crippen LogP contribution in [0.25, 0.3) is 67.3 Å². The highest BCUT2D eigenvalue weighted by Gasteiger charge is 2.18. The number of aromatic nitrogens is 3. The first-order chi connectivity index (χ1) is 20.3. The number of nitrogens with zero attached hydrogens (tertiary/aromatic N) is 3. The van der Waals surface area contributed by atoms with Gasteiger partial charge < -0.3 is 9.88 Å². The zero-order valence-electron chi connectivity index (χ0n) is 22.3. The van der Waals surface area contributed by atoms with Crippen LogP contribution >= 0.6 is 0 Å². The lowest BCUT2D eigenvalue weighted by Crippen LogP contribution is -2.10. The van der Waals surface area contributed by atoms with Crippen molar-refractivity contribution in [3.8, 4) is 39.6 Å². The predicted octanol–water partition coefficient (Wildman–Crippen LogP) is 8.65. The molecule has 1 N–H and O–H groups in total. The van der Waals surface area contributed by atoms with E-state index < -0.39 is 0 Å². The first-order valence-corrected chi connectivity index (χ1v) is 13.9. The van der Waals surface area contributed by atoms with Gasteiger partial charge in [0.05, 0.1) is 34.0 Å². The number of hydrogen-bond donors (Lipinski definition) is 1. The van der Waals surface area contributed by atoms with Crippen molar-refractivity contribution in [3.05, 3.63) is 145 Å². The Morgan fingerprint density at radius 2 is 1.22 bits per heavy atom. The highest BCUT2D eigenvalue weighted by atomic mass is 15.0. The lowest BCUT2D eigenvalue weighted by atomic mass is 10.0. The van der Waals surface area contributed by atoms with Crippen LogP contribution in [0.3, 0.4) is 0 Å². The van der Waals surface area contributed by atoms with Crippen LogP contribution in [-0.4, -0.2) is 14.5 Å². The van der Waals surface area contributed by atoms with Crippen LogP contribution < -0.4 is 5.32 Å². The Morgan fingerprint density at radius 3 is 2.02 bits per heavy atom. The van der Waals surface area contributed by atoms with Crippen molar-refractivity contribution in [2.75, 3.05) is 0 Å². The molecule has 4 nitrogen and oxygen atoms in total. The third-order valence-electron chi connectivity index (χ3n) is 7.89. The van der Waals surface area contributed by atoms with Gasteiger partial charge in [-0.3, -0.25) is 0 Å². The molecule has 194 valence electrons. The van der Waals surface area contributed by atoms with E-state index in [-0.39, 0.29) is 0 Å². The molecule has 3 aromatic heterocycles. The molecule has 0 saturated heterocycles. The Bertz CT molecular complexity index is 2100. The van der Waals surface area contributed by atoms with Crippen molar-refractivity contribution in [2.45, 2.75) is 6.54 Å². The second-order valence-electron chi connectivity index (χ2n) is 10.4. The molecule has 41 heavy (non-hydrogen) atoms. The minimum absolute atomic E-state index is 0.838. The van der Waals surface area contributed by atoms with Crippen LogP contribution in [0.4, 0.5) is 0 Å². The molecular formula is C37H26N4.